The molecule has 0 saturated carbocycles. The molecular formula is C11H8F2N4O3. The number of nitrogens with one attached hydrogen (secondary N) is 1. The van der Waals surface area contributed by atoms with Crippen molar-refractivity contribution in [2.45, 2.75) is 6.55 Å². The van der Waals surface area contributed by atoms with Gasteiger partial charge in [-0.05, 0) is 12.1 Å². The number of benzene rings is 1. The Balaban J connectivity index is 2.29. The Morgan fingerprint density at radius 3 is 2.70 bits per heavy atom. The Bertz CT molecular complexity index is 657. The van der Waals surface area contributed by atoms with Gasteiger partial charge in [-0.25, -0.2) is 0 Å². The molecule has 2 rings (SSSR count). The van der Waals surface area contributed by atoms with Crippen molar-refractivity contribution in [3.63, 3.8) is 0 Å². The van der Waals surface area contributed by atoms with Crippen molar-refractivity contribution in [1.82, 2.24) is 9.78 Å². The molecule has 0 aliphatic rings. The van der Waals surface area contributed by atoms with Gasteiger partial charge < -0.3 is 5.32 Å². The van der Waals surface area contributed by atoms with Crippen LogP contribution in [0.5, 0.6) is 0 Å². The number of hydrogen-bond donors (Lipinski definition) is 1. The average Bonchev–Trinajstić information content (AvgIpc) is 2.88. The first-order chi connectivity index (χ1) is 9.50. The van der Waals surface area contributed by atoms with Crippen molar-refractivity contribution < 1.29 is 18.5 Å². The van der Waals surface area contributed by atoms with Gasteiger partial charge in [0.1, 0.15) is 11.4 Å². The van der Waals surface area contributed by atoms with Gasteiger partial charge in [-0.3, -0.25) is 14.9 Å². The summed E-state index contributed by atoms with van der Waals surface area (Å²) in [6, 6.07) is 6.50. The Labute approximate surface area is 111 Å². The lowest BCUT2D eigenvalue weighted by Gasteiger charge is -2.07. The van der Waals surface area contributed by atoms with E-state index in [1.165, 1.54) is 24.3 Å². The first-order valence-corrected chi connectivity index (χ1v) is 5.37. The summed E-state index contributed by atoms with van der Waals surface area (Å²) in [6.45, 7) is -2.98. The Kier molecular flexibility index (Phi) is 3.69. The summed E-state index contributed by atoms with van der Waals surface area (Å²) >= 11 is 0. The number of amides is 1. The normalized spacial score (nSPS) is 10.6. The van der Waals surface area contributed by atoms with E-state index < -0.39 is 23.1 Å². The molecule has 7 nitrogen and oxygen atoms in total. The second-order valence-electron chi connectivity index (χ2n) is 3.67. The molecule has 1 heterocycles. The number of carbonyl (C=O) groups is 1. The van der Waals surface area contributed by atoms with E-state index in [1.54, 1.807) is 0 Å². The highest BCUT2D eigenvalue weighted by atomic mass is 19.3. The highest BCUT2D eigenvalue weighted by Crippen LogP contribution is 2.24. The zero-order chi connectivity index (χ0) is 14.7. The molecule has 0 fully saturated rings. The Morgan fingerprint density at radius 1 is 1.35 bits per heavy atom. The number of nitro groups is 1. The lowest BCUT2D eigenvalue weighted by Crippen LogP contribution is -2.18. The molecule has 2 aromatic rings. The fraction of sp³-hybridized carbons (Fsp3) is 0.0909. The maximum absolute atomic E-state index is 12.6. The smallest absolute Gasteiger partial charge is 0.315 e. The minimum absolute atomic E-state index is 0.0792. The molecular weight excluding hydrogens is 274 g/mol. The molecule has 1 N–H and O–H groups in total. The number of para-hydroxylation sites is 2. The van der Waals surface area contributed by atoms with E-state index in [-0.39, 0.29) is 16.1 Å². The SMILES string of the molecule is O=C(Nc1ccccc1[N+](=O)[O-])c1ccnn1C(F)F. The van der Waals surface area contributed by atoms with Gasteiger partial charge in [-0.1, -0.05) is 12.1 Å². The van der Waals surface area contributed by atoms with Crippen LogP contribution in [0.4, 0.5) is 20.2 Å². The van der Waals surface area contributed by atoms with Crippen LogP contribution in [0, 0.1) is 10.1 Å². The first kappa shape index (κ1) is 13.6. The number of rotatable bonds is 4. The van der Waals surface area contributed by atoms with Crippen LogP contribution < -0.4 is 5.32 Å². The zero-order valence-electron chi connectivity index (χ0n) is 9.86. The molecule has 0 aliphatic carbocycles. The minimum Gasteiger partial charge on any atom is -0.315 e. The third-order valence-corrected chi connectivity index (χ3v) is 2.44. The van der Waals surface area contributed by atoms with Crippen molar-refractivity contribution in [2.24, 2.45) is 0 Å². The standard InChI is InChI=1S/C11H8F2N4O3/c12-11(13)16-9(5-6-14-16)10(18)15-7-3-1-2-4-8(7)17(19)20/h1-6,11H,(H,15,18). The van der Waals surface area contributed by atoms with Crippen molar-refractivity contribution >= 4 is 17.3 Å². The van der Waals surface area contributed by atoms with Crippen molar-refractivity contribution in [2.75, 3.05) is 5.32 Å². The highest BCUT2D eigenvalue weighted by molar-refractivity contribution is 6.04. The zero-order valence-corrected chi connectivity index (χ0v) is 9.86. The molecule has 0 spiro atoms. The van der Waals surface area contributed by atoms with Crippen LogP contribution in [0.2, 0.25) is 0 Å². The maximum atomic E-state index is 12.6. The van der Waals surface area contributed by atoms with Gasteiger partial charge in [0.15, 0.2) is 0 Å². The summed E-state index contributed by atoms with van der Waals surface area (Å²) < 4.78 is 25.4. The third-order valence-electron chi connectivity index (χ3n) is 2.44. The average molecular weight is 282 g/mol. The number of carbonyl (C=O) groups excluding carboxylic acids is 1. The Morgan fingerprint density at radius 2 is 2.05 bits per heavy atom. The van der Waals surface area contributed by atoms with E-state index in [0.29, 0.717) is 0 Å². The summed E-state index contributed by atoms with van der Waals surface area (Å²) in [5.74, 6) is -0.905. The summed E-state index contributed by atoms with van der Waals surface area (Å²) in [4.78, 5) is 21.9. The predicted molar refractivity (Wildman–Crippen MR) is 64.5 cm³/mol. The van der Waals surface area contributed by atoms with E-state index >= 15 is 0 Å². The second-order valence-corrected chi connectivity index (χ2v) is 3.67. The number of halogens is 2. The van der Waals surface area contributed by atoms with Crippen LogP contribution in [-0.4, -0.2) is 20.6 Å². The van der Waals surface area contributed by atoms with Crippen LogP contribution >= 0.6 is 0 Å². The summed E-state index contributed by atoms with van der Waals surface area (Å²) in [5.41, 5.74) is -0.799. The van der Waals surface area contributed by atoms with E-state index in [9.17, 15) is 23.7 Å². The van der Waals surface area contributed by atoms with E-state index in [4.69, 9.17) is 0 Å². The van der Waals surface area contributed by atoms with Crippen LogP contribution in [0.15, 0.2) is 36.5 Å². The van der Waals surface area contributed by atoms with E-state index in [1.807, 2.05) is 0 Å². The van der Waals surface area contributed by atoms with Crippen LogP contribution in [0.25, 0.3) is 0 Å². The lowest BCUT2D eigenvalue weighted by atomic mass is 10.2. The van der Waals surface area contributed by atoms with Gasteiger partial charge in [-0.15, -0.1) is 0 Å². The predicted octanol–water partition coefficient (Wildman–Crippen LogP) is 2.44. The summed E-state index contributed by atoms with van der Waals surface area (Å²) in [6.07, 6.45) is 1.04. The number of anilines is 1. The fourth-order valence-corrected chi connectivity index (χ4v) is 1.57. The molecule has 0 bridgehead atoms. The van der Waals surface area contributed by atoms with E-state index in [2.05, 4.69) is 10.4 Å². The number of hydrogen-bond acceptors (Lipinski definition) is 4. The summed E-state index contributed by atoms with van der Waals surface area (Å²) in [5, 5.41) is 16.3. The van der Waals surface area contributed by atoms with Gasteiger partial charge in [0.2, 0.25) is 0 Å². The van der Waals surface area contributed by atoms with Crippen molar-refractivity contribution in [3.05, 3.63) is 52.3 Å². The maximum Gasteiger partial charge on any atom is 0.333 e. The molecule has 104 valence electrons. The van der Waals surface area contributed by atoms with Gasteiger partial charge in [0.25, 0.3) is 11.6 Å². The number of alkyl halides is 2. The number of nitro benzene ring substituents is 1. The third kappa shape index (κ3) is 2.60. The molecule has 0 unspecified atom stereocenters. The summed E-state index contributed by atoms with van der Waals surface area (Å²) in [7, 11) is 0. The van der Waals surface area contributed by atoms with Crippen LogP contribution in [-0.2, 0) is 0 Å². The first-order valence-electron chi connectivity index (χ1n) is 5.37. The largest absolute Gasteiger partial charge is 0.333 e. The van der Waals surface area contributed by atoms with Gasteiger partial charge in [-0.2, -0.15) is 18.6 Å². The van der Waals surface area contributed by atoms with Crippen LogP contribution in [0.1, 0.15) is 17.0 Å². The van der Waals surface area contributed by atoms with Crippen molar-refractivity contribution in [3.8, 4) is 0 Å². The molecule has 0 atom stereocenters. The molecule has 0 saturated heterocycles. The van der Waals surface area contributed by atoms with E-state index in [0.717, 1.165) is 12.3 Å². The van der Waals surface area contributed by atoms with Crippen LogP contribution in [0.3, 0.4) is 0 Å². The molecule has 20 heavy (non-hydrogen) atoms. The number of nitrogens with zero attached hydrogens (tertiary/aromatic N) is 3. The van der Waals surface area contributed by atoms with Gasteiger partial charge in [0, 0.05) is 12.3 Å². The van der Waals surface area contributed by atoms with Gasteiger partial charge in [0.05, 0.1) is 4.92 Å². The molecule has 9 heteroatoms. The topological polar surface area (TPSA) is 90.1 Å². The lowest BCUT2D eigenvalue weighted by molar-refractivity contribution is -0.383. The quantitative estimate of drug-likeness (QED) is 0.688. The highest BCUT2D eigenvalue weighted by Gasteiger charge is 2.20. The Hall–Kier alpha value is -2.84. The number of aromatic nitrogens is 2. The molecule has 1 aromatic carbocycles. The van der Waals surface area contributed by atoms with Gasteiger partial charge >= 0.3 is 6.55 Å². The minimum atomic E-state index is -2.98. The monoisotopic (exact) mass is 282 g/mol. The van der Waals surface area contributed by atoms with Crippen molar-refractivity contribution in [1.29, 1.82) is 0 Å². The molecule has 0 aliphatic heterocycles. The molecule has 1 amide bonds. The molecule has 1 aromatic heterocycles. The molecule has 0 radical (unpaired) electrons. The second kappa shape index (κ2) is 5.43. The fourth-order valence-electron chi connectivity index (χ4n) is 1.57.